The number of carbonyl (C=O) groups is 2. The van der Waals surface area contributed by atoms with Gasteiger partial charge >= 0.3 is 0 Å². The lowest BCUT2D eigenvalue weighted by molar-refractivity contribution is -0.157. The van der Waals surface area contributed by atoms with Crippen molar-refractivity contribution in [1.29, 1.82) is 5.26 Å². The fourth-order valence-corrected chi connectivity index (χ4v) is 4.91. The van der Waals surface area contributed by atoms with Crippen molar-refractivity contribution < 1.29 is 23.8 Å². The monoisotopic (exact) mass is 563 g/mol. The van der Waals surface area contributed by atoms with E-state index >= 15 is 0 Å². The molecule has 11 nitrogen and oxygen atoms in total. The van der Waals surface area contributed by atoms with E-state index in [0.29, 0.717) is 48.3 Å². The number of carbonyl (C=O) groups excluding carboxylic acids is 2. The molecule has 1 aliphatic carbocycles. The summed E-state index contributed by atoms with van der Waals surface area (Å²) >= 11 is 0. The molecule has 12 heteroatoms. The number of nitrogens with zero attached hydrogens (tertiary/aromatic N) is 4. The fourth-order valence-electron chi connectivity index (χ4n) is 4.91. The van der Waals surface area contributed by atoms with Crippen LogP contribution in [0.15, 0.2) is 36.7 Å². The van der Waals surface area contributed by atoms with Crippen LogP contribution in [0, 0.1) is 22.7 Å². The molecule has 0 spiro atoms. The number of aromatic nitrogens is 3. The summed E-state index contributed by atoms with van der Waals surface area (Å²) in [6, 6.07) is 9.28. The van der Waals surface area contributed by atoms with Crippen LogP contribution in [-0.4, -0.2) is 75.6 Å². The maximum absolute atomic E-state index is 14.3. The Labute approximate surface area is 237 Å². The molecule has 2 aliphatic rings. The molecule has 3 aromatic heterocycles. The van der Waals surface area contributed by atoms with Gasteiger partial charge in [-0.1, -0.05) is 0 Å². The van der Waals surface area contributed by atoms with Crippen LogP contribution in [0.25, 0.3) is 16.9 Å². The topological polar surface area (TPSA) is 154 Å². The van der Waals surface area contributed by atoms with Crippen LogP contribution in [0.1, 0.15) is 49.5 Å². The average Bonchev–Trinajstić information content (AvgIpc) is 3.33. The summed E-state index contributed by atoms with van der Waals surface area (Å²) in [5, 5.41) is 32.5. The molecule has 4 N–H and O–H groups in total. The number of hydrogen-bond donors (Lipinski definition) is 4. The molecule has 0 unspecified atom stereocenters. The van der Waals surface area contributed by atoms with Crippen molar-refractivity contribution in [3.63, 3.8) is 0 Å². The second-order valence-electron chi connectivity index (χ2n) is 11.8. The van der Waals surface area contributed by atoms with E-state index in [1.54, 1.807) is 16.6 Å². The molecule has 1 aliphatic heterocycles. The van der Waals surface area contributed by atoms with Crippen LogP contribution in [0.5, 0.6) is 0 Å². The first-order valence-electron chi connectivity index (χ1n) is 13.6. The van der Waals surface area contributed by atoms with Crippen molar-refractivity contribution in [2.24, 2.45) is 11.3 Å². The summed E-state index contributed by atoms with van der Waals surface area (Å²) in [7, 11) is 0. The second-order valence-corrected chi connectivity index (χ2v) is 11.8. The van der Waals surface area contributed by atoms with Gasteiger partial charge in [-0.3, -0.25) is 14.6 Å². The van der Waals surface area contributed by atoms with Gasteiger partial charge in [-0.15, -0.1) is 0 Å². The number of anilines is 1. The average molecular weight is 564 g/mol. The minimum Gasteiger partial charge on any atom is -0.387 e. The van der Waals surface area contributed by atoms with Crippen molar-refractivity contribution in [2.45, 2.75) is 51.4 Å². The molecule has 1 saturated heterocycles. The van der Waals surface area contributed by atoms with Gasteiger partial charge in [0.2, 0.25) is 5.91 Å². The summed E-state index contributed by atoms with van der Waals surface area (Å²) in [5.74, 6) is -0.216. The SMILES string of the molecule is CC1(C(=O)NCC2CC(Nc3cc(-c4ccc5cc(C#N)cnn45)ncc3C(=O)NC[C@@H](F)C(C)(C)O)C2)COC1. The molecule has 216 valence electrons. The molecule has 3 aromatic rings. The van der Waals surface area contributed by atoms with Crippen molar-refractivity contribution in [2.75, 3.05) is 31.6 Å². The van der Waals surface area contributed by atoms with E-state index in [4.69, 9.17) is 4.74 Å². The van der Waals surface area contributed by atoms with E-state index < -0.39 is 23.1 Å². The number of nitrogens with one attached hydrogen (secondary N) is 3. The van der Waals surface area contributed by atoms with Crippen molar-refractivity contribution >= 4 is 23.0 Å². The number of amides is 2. The highest BCUT2D eigenvalue weighted by atomic mass is 19.1. The fraction of sp³-hybridized carbons (Fsp3) is 0.483. The lowest BCUT2D eigenvalue weighted by Crippen LogP contribution is -2.53. The number of rotatable bonds is 10. The normalized spacial score (nSPS) is 20.3. The Bertz CT molecular complexity index is 1500. The Hall–Kier alpha value is -4.08. The quantitative estimate of drug-likeness (QED) is 0.293. The molecular formula is C29H34FN7O4. The van der Waals surface area contributed by atoms with Crippen LogP contribution in [0.3, 0.4) is 0 Å². The lowest BCUT2D eigenvalue weighted by Gasteiger charge is -2.39. The van der Waals surface area contributed by atoms with E-state index in [0.717, 1.165) is 18.4 Å². The predicted octanol–water partition coefficient (Wildman–Crippen LogP) is 2.45. The maximum Gasteiger partial charge on any atom is 0.255 e. The minimum absolute atomic E-state index is 0.00467. The van der Waals surface area contributed by atoms with E-state index in [9.17, 15) is 24.3 Å². The van der Waals surface area contributed by atoms with Gasteiger partial charge in [0.15, 0.2) is 0 Å². The van der Waals surface area contributed by atoms with E-state index in [2.05, 4.69) is 32.1 Å². The first kappa shape index (κ1) is 28.4. The van der Waals surface area contributed by atoms with Crippen LogP contribution < -0.4 is 16.0 Å². The molecular weight excluding hydrogens is 529 g/mol. The Morgan fingerprint density at radius 1 is 1.27 bits per heavy atom. The third-order valence-corrected chi connectivity index (χ3v) is 7.78. The van der Waals surface area contributed by atoms with E-state index in [1.165, 1.54) is 26.2 Å². The Morgan fingerprint density at radius 3 is 2.68 bits per heavy atom. The van der Waals surface area contributed by atoms with Gasteiger partial charge in [0, 0.05) is 18.8 Å². The molecule has 41 heavy (non-hydrogen) atoms. The zero-order chi connectivity index (χ0) is 29.4. The largest absolute Gasteiger partial charge is 0.387 e. The van der Waals surface area contributed by atoms with Crippen LogP contribution in [0.2, 0.25) is 0 Å². The number of ether oxygens (including phenoxy) is 1. The summed E-state index contributed by atoms with van der Waals surface area (Å²) in [5.41, 5.74) is 1.12. The van der Waals surface area contributed by atoms with Gasteiger partial charge < -0.3 is 25.8 Å². The highest BCUT2D eigenvalue weighted by molar-refractivity contribution is 6.00. The van der Waals surface area contributed by atoms with E-state index in [-0.39, 0.29) is 24.1 Å². The van der Waals surface area contributed by atoms with Gasteiger partial charge in [-0.05, 0) is 63.8 Å². The van der Waals surface area contributed by atoms with Gasteiger partial charge in [0.05, 0.1) is 70.7 Å². The lowest BCUT2D eigenvalue weighted by atomic mass is 9.79. The predicted molar refractivity (Wildman–Crippen MR) is 149 cm³/mol. The molecule has 0 bridgehead atoms. The van der Waals surface area contributed by atoms with Crippen LogP contribution in [0.4, 0.5) is 10.1 Å². The summed E-state index contributed by atoms with van der Waals surface area (Å²) in [6.45, 7) is 5.68. The zero-order valence-electron chi connectivity index (χ0n) is 23.3. The van der Waals surface area contributed by atoms with Gasteiger partial charge in [-0.25, -0.2) is 8.91 Å². The molecule has 4 heterocycles. The highest BCUT2D eigenvalue weighted by Crippen LogP contribution is 2.33. The summed E-state index contributed by atoms with van der Waals surface area (Å²) in [4.78, 5) is 30.0. The Kier molecular flexibility index (Phi) is 7.68. The maximum atomic E-state index is 14.3. The molecule has 5 rings (SSSR count). The van der Waals surface area contributed by atoms with Gasteiger partial charge in [-0.2, -0.15) is 10.4 Å². The van der Waals surface area contributed by atoms with Gasteiger partial charge in [0.25, 0.3) is 5.91 Å². The molecule has 2 fully saturated rings. The zero-order valence-corrected chi connectivity index (χ0v) is 23.3. The summed E-state index contributed by atoms with van der Waals surface area (Å²) < 4.78 is 21.2. The number of fused-ring (bicyclic) bond motifs is 1. The highest BCUT2D eigenvalue weighted by Gasteiger charge is 2.41. The minimum atomic E-state index is -1.65. The van der Waals surface area contributed by atoms with E-state index in [1.807, 2.05) is 19.1 Å². The molecule has 0 aromatic carbocycles. The third-order valence-electron chi connectivity index (χ3n) is 7.78. The third kappa shape index (κ3) is 6.01. The Balaban J connectivity index is 1.32. The number of aliphatic hydroxyl groups is 1. The molecule has 0 radical (unpaired) electrons. The summed E-state index contributed by atoms with van der Waals surface area (Å²) in [6.07, 6.45) is 2.85. The van der Waals surface area contributed by atoms with Gasteiger partial charge in [0.1, 0.15) is 12.2 Å². The number of nitriles is 1. The number of alkyl halides is 1. The first-order valence-corrected chi connectivity index (χ1v) is 13.6. The van der Waals surface area contributed by atoms with Crippen molar-refractivity contribution in [1.82, 2.24) is 25.2 Å². The number of halogens is 1. The molecule has 2 amide bonds. The number of hydrogen-bond acceptors (Lipinski definition) is 8. The molecule has 1 saturated carbocycles. The Morgan fingerprint density at radius 2 is 2.02 bits per heavy atom. The number of pyridine rings is 1. The first-order chi connectivity index (χ1) is 19.5. The van der Waals surface area contributed by atoms with Crippen molar-refractivity contribution in [3.05, 3.63) is 47.8 Å². The molecule has 1 atom stereocenters. The van der Waals surface area contributed by atoms with Crippen molar-refractivity contribution in [3.8, 4) is 17.5 Å². The second kappa shape index (κ2) is 11.1. The smallest absolute Gasteiger partial charge is 0.255 e. The van der Waals surface area contributed by atoms with Crippen LogP contribution >= 0.6 is 0 Å². The van der Waals surface area contributed by atoms with Crippen LogP contribution in [-0.2, 0) is 9.53 Å². The standard InChI is InChI=1S/C29H34FN7O4/c1-28(2,40)25(30)14-33-26(38)21-13-32-23(24-5-4-20-8-18(10-31)12-35-37(20)24)9-22(21)36-19-6-17(7-19)11-34-27(39)29(3)15-41-16-29/h4-5,8-9,12-13,17,19,25,40H,6-7,11,14-16H2,1-3H3,(H,32,36)(H,33,38)(H,34,39)/t17?,19?,25-/m1/s1.